The first kappa shape index (κ1) is 25.8. The number of rotatable bonds is 6. The molecule has 0 aliphatic heterocycles. The van der Waals surface area contributed by atoms with E-state index in [2.05, 4.69) is 15.1 Å². The van der Waals surface area contributed by atoms with Gasteiger partial charge in [0.15, 0.2) is 9.84 Å². The number of sulfone groups is 1. The average Bonchev–Trinajstić information content (AvgIpc) is 3.49. The fraction of sp³-hybridized carbons (Fsp3) is 0.148. The number of aryl methyl sites for hydroxylation is 2. The fourth-order valence-corrected chi connectivity index (χ4v) is 5.52. The molecule has 0 fully saturated rings. The predicted octanol–water partition coefficient (Wildman–Crippen LogP) is 5.09. The van der Waals surface area contributed by atoms with Gasteiger partial charge in [0.1, 0.15) is 16.8 Å². The summed E-state index contributed by atoms with van der Waals surface area (Å²) in [4.78, 5) is 8.44. The van der Waals surface area contributed by atoms with E-state index in [0.717, 1.165) is 29.0 Å². The number of hydrogen-bond acceptors (Lipinski definition) is 6. The predicted molar refractivity (Wildman–Crippen MR) is 143 cm³/mol. The van der Waals surface area contributed by atoms with Crippen LogP contribution < -0.4 is 0 Å². The van der Waals surface area contributed by atoms with Gasteiger partial charge in [0.25, 0.3) is 0 Å². The molecule has 0 aliphatic rings. The molecule has 38 heavy (non-hydrogen) atoms. The Morgan fingerprint density at radius 3 is 2.47 bits per heavy atom. The molecule has 1 N–H and O–H groups in total. The third-order valence-electron chi connectivity index (χ3n) is 6.18. The number of hydrogen-bond donors (Lipinski definition) is 1. The van der Waals surface area contributed by atoms with Crippen LogP contribution in [0.2, 0.25) is 5.15 Å². The van der Waals surface area contributed by atoms with Gasteiger partial charge in [0, 0.05) is 23.6 Å². The summed E-state index contributed by atoms with van der Waals surface area (Å²) in [6, 6.07) is 13.4. The van der Waals surface area contributed by atoms with Gasteiger partial charge in [-0.05, 0) is 67.4 Å². The van der Waals surface area contributed by atoms with Crippen LogP contribution in [0, 0.1) is 19.7 Å². The van der Waals surface area contributed by atoms with Gasteiger partial charge in [-0.25, -0.2) is 27.5 Å². The van der Waals surface area contributed by atoms with Gasteiger partial charge in [-0.1, -0.05) is 17.7 Å². The van der Waals surface area contributed by atoms with E-state index in [1.807, 2.05) is 42.8 Å². The number of aliphatic hydroxyl groups is 1. The Balaban J connectivity index is 1.77. The van der Waals surface area contributed by atoms with Gasteiger partial charge in [0.2, 0.25) is 0 Å². The van der Waals surface area contributed by atoms with Crippen molar-refractivity contribution in [2.24, 2.45) is 0 Å². The van der Waals surface area contributed by atoms with E-state index in [4.69, 9.17) is 11.6 Å². The highest BCUT2D eigenvalue weighted by Crippen LogP contribution is 2.35. The summed E-state index contributed by atoms with van der Waals surface area (Å²) < 4.78 is 43.4. The zero-order chi connectivity index (χ0) is 27.2. The molecule has 3 aromatic heterocycles. The molecule has 3 heterocycles. The molecule has 0 unspecified atom stereocenters. The monoisotopic (exact) mass is 551 g/mol. The van der Waals surface area contributed by atoms with Crippen LogP contribution in [0.4, 0.5) is 4.39 Å². The maximum absolute atomic E-state index is 15.0. The summed E-state index contributed by atoms with van der Waals surface area (Å²) in [6.07, 6.45) is 6.16. The largest absolute Gasteiger partial charge is 0.392 e. The van der Waals surface area contributed by atoms with Gasteiger partial charge in [0.05, 0.1) is 46.7 Å². The lowest BCUT2D eigenvalue weighted by atomic mass is 9.98. The molecule has 0 bridgehead atoms. The smallest absolute Gasteiger partial charge is 0.176 e. The van der Waals surface area contributed by atoms with Crippen molar-refractivity contribution in [2.45, 2.75) is 25.3 Å². The Morgan fingerprint density at radius 1 is 1.05 bits per heavy atom. The van der Waals surface area contributed by atoms with Crippen LogP contribution in [-0.2, 0) is 16.4 Å². The highest BCUT2D eigenvalue weighted by molar-refractivity contribution is 7.90. The Hall–Kier alpha value is -3.86. The minimum absolute atomic E-state index is 0.251. The highest BCUT2D eigenvalue weighted by atomic mass is 35.5. The summed E-state index contributed by atoms with van der Waals surface area (Å²) in [7, 11) is -3.80. The van der Waals surface area contributed by atoms with Gasteiger partial charge in [-0.2, -0.15) is 5.10 Å². The van der Waals surface area contributed by atoms with Crippen molar-refractivity contribution in [2.75, 3.05) is 6.26 Å². The summed E-state index contributed by atoms with van der Waals surface area (Å²) in [6.45, 7) is 3.07. The van der Waals surface area contributed by atoms with Gasteiger partial charge in [-0.3, -0.25) is 0 Å². The van der Waals surface area contributed by atoms with Crippen molar-refractivity contribution >= 4 is 21.4 Å². The number of benzene rings is 2. The van der Waals surface area contributed by atoms with Crippen molar-refractivity contribution in [3.8, 4) is 33.8 Å². The number of pyridine rings is 1. The summed E-state index contributed by atoms with van der Waals surface area (Å²) >= 11 is 5.98. The fourth-order valence-electron chi connectivity index (χ4n) is 4.46. The average molecular weight is 552 g/mol. The zero-order valence-corrected chi connectivity index (χ0v) is 22.3. The van der Waals surface area contributed by atoms with Crippen LogP contribution in [0.15, 0.2) is 72.0 Å². The lowest BCUT2D eigenvalue weighted by Crippen LogP contribution is -2.06. The number of nitrogens with zero attached hydrogens (tertiary/aromatic N) is 5. The number of aromatic nitrogens is 5. The maximum Gasteiger partial charge on any atom is 0.176 e. The first-order valence-electron chi connectivity index (χ1n) is 11.5. The Kier molecular flexibility index (Phi) is 6.64. The zero-order valence-electron chi connectivity index (χ0n) is 20.7. The highest BCUT2D eigenvalue weighted by Gasteiger charge is 2.21. The molecule has 194 valence electrons. The van der Waals surface area contributed by atoms with Crippen LogP contribution in [0.3, 0.4) is 0 Å². The molecule has 0 amide bonds. The molecule has 0 aliphatic carbocycles. The first-order valence-corrected chi connectivity index (χ1v) is 13.8. The van der Waals surface area contributed by atoms with E-state index in [0.29, 0.717) is 27.7 Å². The van der Waals surface area contributed by atoms with Gasteiger partial charge in [-0.15, -0.1) is 0 Å². The molecule has 5 aromatic rings. The van der Waals surface area contributed by atoms with Crippen LogP contribution in [0.25, 0.3) is 33.8 Å². The topological polar surface area (TPSA) is 103 Å². The first-order chi connectivity index (χ1) is 18.1. The van der Waals surface area contributed by atoms with Crippen LogP contribution in [-0.4, -0.2) is 44.1 Å². The Morgan fingerprint density at radius 2 is 1.84 bits per heavy atom. The molecule has 0 saturated heterocycles. The maximum atomic E-state index is 15.0. The van der Waals surface area contributed by atoms with E-state index >= 15 is 0 Å². The summed E-state index contributed by atoms with van der Waals surface area (Å²) in [5, 5.41) is 14.4. The lowest BCUT2D eigenvalue weighted by Gasteiger charge is -2.17. The molecule has 11 heteroatoms. The van der Waals surface area contributed by atoms with E-state index in [1.165, 1.54) is 12.1 Å². The molecule has 2 aromatic carbocycles. The second kappa shape index (κ2) is 9.79. The second-order valence-corrected chi connectivity index (χ2v) is 11.2. The third kappa shape index (κ3) is 4.73. The van der Waals surface area contributed by atoms with Crippen LogP contribution in [0.1, 0.15) is 17.1 Å². The van der Waals surface area contributed by atoms with E-state index < -0.39 is 22.3 Å². The normalized spacial score (nSPS) is 11.7. The Bertz CT molecular complexity index is 1780. The molecule has 0 radical (unpaired) electrons. The number of imidazole rings is 1. The van der Waals surface area contributed by atoms with Gasteiger partial charge < -0.3 is 9.67 Å². The Labute approximate surface area is 223 Å². The molecule has 8 nitrogen and oxygen atoms in total. The number of halogens is 2. The molecule has 0 spiro atoms. The number of aliphatic hydroxyl groups excluding tert-OH is 1. The molecular formula is C27H23ClFN5O3S. The quantitative estimate of drug-likeness (QED) is 0.295. The molecule has 0 atom stereocenters. The summed E-state index contributed by atoms with van der Waals surface area (Å²) in [5.41, 5.74) is 4.45. The molecule has 5 rings (SSSR count). The van der Waals surface area contributed by atoms with E-state index in [9.17, 15) is 17.9 Å². The van der Waals surface area contributed by atoms with Crippen molar-refractivity contribution in [3.05, 3.63) is 95.2 Å². The minimum Gasteiger partial charge on any atom is -0.392 e. The van der Waals surface area contributed by atoms with E-state index in [-0.39, 0.29) is 10.5 Å². The van der Waals surface area contributed by atoms with E-state index in [1.54, 1.807) is 35.3 Å². The lowest BCUT2D eigenvalue weighted by molar-refractivity contribution is 0.272. The second-order valence-electron chi connectivity index (χ2n) is 8.86. The SMILES string of the molecule is Cc1cn(-c2ccc(-c3cc(F)c(CO)c(S(C)(=O)=O)c3)cc2-c2ccnn2-c2ccc(Cl)nc2)c(C)n1. The standard InChI is InChI=1S/C27H23ClFN5O3S/c1-16-14-33(17(2)32-16)24-6-4-18(19-11-23(29)22(15-35)26(12-19)38(3,36)37)10-21(24)25-8-9-31-34(25)20-5-7-27(28)30-13-20/h4-14,35H,15H2,1-3H3. The third-order valence-corrected chi connectivity index (χ3v) is 7.57. The van der Waals surface area contributed by atoms with Crippen molar-refractivity contribution < 1.29 is 17.9 Å². The molecular weight excluding hydrogens is 529 g/mol. The van der Waals surface area contributed by atoms with Crippen LogP contribution >= 0.6 is 11.6 Å². The summed E-state index contributed by atoms with van der Waals surface area (Å²) in [5.74, 6) is -0.0251. The van der Waals surface area contributed by atoms with Crippen molar-refractivity contribution in [1.82, 2.24) is 24.3 Å². The minimum atomic E-state index is -3.80. The van der Waals surface area contributed by atoms with Crippen LogP contribution in [0.5, 0.6) is 0 Å². The van der Waals surface area contributed by atoms with Crippen molar-refractivity contribution in [1.29, 1.82) is 0 Å². The van der Waals surface area contributed by atoms with Crippen molar-refractivity contribution in [3.63, 3.8) is 0 Å². The van der Waals surface area contributed by atoms with Gasteiger partial charge >= 0.3 is 0 Å². The molecule has 0 saturated carbocycles.